The van der Waals surface area contributed by atoms with E-state index in [1.165, 1.54) is 35.0 Å². The first-order valence-electron chi connectivity index (χ1n) is 13.7. The predicted molar refractivity (Wildman–Crippen MR) is 175 cm³/mol. The lowest BCUT2D eigenvalue weighted by Crippen LogP contribution is -2.71. The molecule has 0 spiro atoms. The van der Waals surface area contributed by atoms with Crippen molar-refractivity contribution in [2.24, 2.45) is 11.1 Å². The second kappa shape index (κ2) is 15.1. The number of aromatic hydroxyl groups is 2. The number of carboxylic acid groups (broad SMARTS) is 2. The maximum Gasteiger partial charge on any atom is 0.352 e. The van der Waals surface area contributed by atoms with Crippen molar-refractivity contribution < 1.29 is 49.2 Å². The number of nitrogen functional groups attached to an aromatic ring is 1. The van der Waals surface area contributed by atoms with Crippen LogP contribution in [0.1, 0.15) is 29.9 Å². The second-order valence-electron chi connectivity index (χ2n) is 10.3. The number of amides is 3. The van der Waals surface area contributed by atoms with Crippen molar-refractivity contribution in [2.45, 2.75) is 31.4 Å². The first-order valence-corrected chi connectivity index (χ1v) is 17.1. The third-order valence-corrected chi connectivity index (χ3v) is 10.2. The number of carbonyl (C=O) groups is 5. The lowest BCUT2D eigenvalue weighted by Gasteiger charge is -2.49. The zero-order chi connectivity index (χ0) is 34.6. The Kier molecular flexibility index (Phi) is 11.5. The molecule has 0 saturated carbocycles. The Morgan fingerprint density at radius 3 is 2.60 bits per heavy atom. The molecule has 20 heteroatoms. The summed E-state index contributed by atoms with van der Waals surface area (Å²) < 4.78 is 0. The minimum Gasteiger partial charge on any atom is -0.504 e. The number of thioether (sulfide) groups is 2. The zero-order valence-corrected chi connectivity index (χ0v) is 27.8. The first kappa shape index (κ1) is 35.7. The zero-order valence-electron chi connectivity index (χ0n) is 24.6. The van der Waals surface area contributed by atoms with Crippen LogP contribution >= 0.6 is 46.5 Å². The smallest absolute Gasteiger partial charge is 0.352 e. The van der Waals surface area contributed by atoms with E-state index in [2.05, 4.69) is 20.8 Å². The highest BCUT2D eigenvalue weighted by Crippen LogP contribution is 2.41. The Labute approximate surface area is 284 Å². The average Bonchev–Trinajstić information content (AvgIpc) is 3.44. The van der Waals surface area contributed by atoms with Crippen molar-refractivity contribution in [3.63, 3.8) is 0 Å². The van der Waals surface area contributed by atoms with Gasteiger partial charge in [0.2, 0.25) is 6.10 Å². The molecule has 252 valence electrons. The fraction of sp³-hybridized carbons (Fsp3) is 0.370. The molecule has 3 amide bonds. The second-order valence-corrected chi connectivity index (χ2v) is 13.8. The number of aliphatic carboxylic acids is 2. The standard InChI is InChI=1S/C27H29ClN6O10S3/c1-10(2)20(26(42)43)44-33-16(13-9-47-27(29)31-13)22(38)32-17-23(39)34-18(25(40)41)11(8-46-24(17)34)7-45-6-5-30-21(37)12-3-4-14(35)19(36)15(12)28/h3-4,9-10,17,20,24,35-36H,5-8H2,1-2H3,(H2,29,31)(H,30,37)(H,32,38)(H,40,41)(H,42,43)/b33-16-/t17-,20+,24-/m1/s1. The molecule has 1 aromatic heterocycles. The summed E-state index contributed by atoms with van der Waals surface area (Å²) in [6.45, 7) is 3.36. The highest BCUT2D eigenvalue weighted by Gasteiger charge is 2.54. The molecule has 0 radical (unpaired) electrons. The summed E-state index contributed by atoms with van der Waals surface area (Å²) in [6, 6.07) is 1.28. The van der Waals surface area contributed by atoms with E-state index >= 15 is 0 Å². The van der Waals surface area contributed by atoms with Gasteiger partial charge in [-0.1, -0.05) is 30.6 Å². The highest BCUT2D eigenvalue weighted by molar-refractivity contribution is 8.01. The van der Waals surface area contributed by atoms with E-state index in [9.17, 15) is 44.4 Å². The van der Waals surface area contributed by atoms with Crippen LogP contribution in [-0.2, 0) is 24.0 Å². The molecule has 4 rings (SSSR count). The molecule has 16 nitrogen and oxygen atoms in total. The lowest BCUT2D eigenvalue weighted by atomic mass is 10.0. The maximum atomic E-state index is 13.3. The number of β-lactam (4-membered cyclic amide) rings is 1. The summed E-state index contributed by atoms with van der Waals surface area (Å²) >= 11 is 9.49. The van der Waals surface area contributed by atoms with Gasteiger partial charge < -0.3 is 41.6 Å². The molecule has 3 atom stereocenters. The van der Waals surface area contributed by atoms with Crippen LogP contribution in [-0.4, -0.2) is 107 Å². The lowest BCUT2D eigenvalue weighted by molar-refractivity contribution is -0.153. The summed E-state index contributed by atoms with van der Waals surface area (Å²) in [5.41, 5.74) is 5.54. The van der Waals surface area contributed by atoms with Crippen molar-refractivity contribution >= 4 is 87.0 Å². The van der Waals surface area contributed by atoms with Gasteiger partial charge in [0, 0.05) is 35.1 Å². The van der Waals surface area contributed by atoms with Gasteiger partial charge in [-0.25, -0.2) is 14.6 Å². The number of phenolic OH excluding ortho intramolecular Hbond substituents is 2. The van der Waals surface area contributed by atoms with Gasteiger partial charge >= 0.3 is 11.9 Å². The summed E-state index contributed by atoms with van der Waals surface area (Å²) in [5.74, 6) is -5.47. The number of rotatable bonds is 14. The number of hydrogen-bond acceptors (Lipinski definition) is 14. The predicted octanol–water partition coefficient (Wildman–Crippen LogP) is 1.52. The molecular formula is C27H29ClN6O10S3. The fourth-order valence-corrected chi connectivity index (χ4v) is 7.57. The largest absolute Gasteiger partial charge is 0.504 e. The molecule has 0 unspecified atom stereocenters. The maximum absolute atomic E-state index is 13.3. The monoisotopic (exact) mass is 728 g/mol. The third-order valence-electron chi connectivity index (χ3n) is 6.77. The first-order chi connectivity index (χ1) is 22.2. The summed E-state index contributed by atoms with van der Waals surface area (Å²) in [6.07, 6.45) is -1.37. The van der Waals surface area contributed by atoms with E-state index in [0.29, 0.717) is 11.3 Å². The van der Waals surface area contributed by atoms with Crippen molar-refractivity contribution in [1.29, 1.82) is 0 Å². The number of anilines is 1. The molecule has 8 N–H and O–H groups in total. The van der Waals surface area contributed by atoms with Crippen LogP contribution in [0.4, 0.5) is 5.13 Å². The van der Waals surface area contributed by atoms with Crippen LogP contribution in [0.2, 0.25) is 5.02 Å². The van der Waals surface area contributed by atoms with Gasteiger partial charge in [-0.2, -0.15) is 11.8 Å². The molecule has 1 saturated heterocycles. The van der Waals surface area contributed by atoms with Crippen LogP contribution in [0.15, 0.2) is 33.9 Å². The quantitative estimate of drug-likeness (QED) is 0.0479. The highest BCUT2D eigenvalue weighted by atomic mass is 35.5. The van der Waals surface area contributed by atoms with Crippen LogP contribution < -0.4 is 16.4 Å². The van der Waals surface area contributed by atoms with E-state index in [0.717, 1.165) is 22.3 Å². The van der Waals surface area contributed by atoms with E-state index in [4.69, 9.17) is 22.2 Å². The Balaban J connectivity index is 1.39. The number of fused-ring (bicyclic) bond motifs is 1. The minimum absolute atomic E-state index is 0.00347. The van der Waals surface area contributed by atoms with Crippen molar-refractivity contribution in [3.05, 3.63) is 45.1 Å². The minimum atomic E-state index is -1.37. The van der Waals surface area contributed by atoms with Gasteiger partial charge in [0.15, 0.2) is 22.3 Å². The molecule has 1 aromatic carbocycles. The number of benzene rings is 1. The number of carbonyl (C=O) groups excluding carboxylic acids is 3. The van der Waals surface area contributed by atoms with E-state index in [1.807, 2.05) is 0 Å². The number of thiazole rings is 1. The fourth-order valence-electron chi connectivity index (χ4n) is 4.42. The number of oxime groups is 1. The van der Waals surface area contributed by atoms with E-state index in [-0.39, 0.29) is 45.2 Å². The Morgan fingerprint density at radius 1 is 1.26 bits per heavy atom. The van der Waals surface area contributed by atoms with Crippen molar-refractivity contribution in [1.82, 2.24) is 20.5 Å². The summed E-state index contributed by atoms with van der Waals surface area (Å²) in [5, 5.41) is 48.0. The molecule has 3 heterocycles. The number of nitrogens with two attached hydrogens (primary N) is 1. The van der Waals surface area contributed by atoms with Gasteiger partial charge in [-0.05, 0) is 17.7 Å². The Bertz CT molecular complexity index is 1670. The van der Waals surface area contributed by atoms with Gasteiger partial charge in [0.05, 0.1) is 10.6 Å². The van der Waals surface area contributed by atoms with Gasteiger partial charge in [0.1, 0.15) is 22.8 Å². The molecule has 0 aliphatic carbocycles. The normalized spacial score (nSPS) is 18.3. The van der Waals surface area contributed by atoms with Crippen molar-refractivity contribution in [3.8, 4) is 11.5 Å². The third kappa shape index (κ3) is 7.86. The molecule has 47 heavy (non-hydrogen) atoms. The number of aromatic nitrogens is 1. The van der Waals surface area contributed by atoms with E-state index in [1.54, 1.807) is 13.8 Å². The van der Waals surface area contributed by atoms with Gasteiger partial charge in [-0.3, -0.25) is 19.3 Å². The number of phenols is 2. The number of nitrogens with zero attached hydrogens (tertiary/aromatic N) is 3. The van der Waals surface area contributed by atoms with Crippen molar-refractivity contribution in [2.75, 3.05) is 29.5 Å². The number of halogens is 1. The van der Waals surface area contributed by atoms with Crippen LogP contribution in [0.5, 0.6) is 11.5 Å². The number of hydrogen-bond donors (Lipinski definition) is 7. The molecule has 1 fully saturated rings. The number of nitrogens with one attached hydrogen (secondary N) is 2. The van der Waals surface area contributed by atoms with E-state index < -0.39 is 70.3 Å². The Hall–Kier alpha value is -4.20. The SMILES string of the molecule is CC(C)[C@H](O/N=C(\C(=O)N[C@@H]1C(=O)N2C(C(=O)O)=C(CSCCNC(=O)c3ccc(O)c(O)c3Cl)CS[C@H]12)c1csc(N)n1)C(=O)O. The molecule has 2 aromatic rings. The van der Waals surface area contributed by atoms with Gasteiger partial charge in [0.25, 0.3) is 17.7 Å². The molecule has 2 aliphatic heterocycles. The summed E-state index contributed by atoms with van der Waals surface area (Å²) in [4.78, 5) is 72.9. The molecule has 0 bridgehead atoms. The molecule has 2 aliphatic rings. The molecular weight excluding hydrogens is 700 g/mol. The number of carboxylic acids is 2. The van der Waals surface area contributed by atoms with Gasteiger partial charge in [-0.15, -0.1) is 23.1 Å². The van der Waals surface area contributed by atoms with Crippen LogP contribution in [0, 0.1) is 5.92 Å². The Morgan fingerprint density at radius 2 is 1.98 bits per heavy atom. The topological polar surface area (TPSA) is 254 Å². The van der Waals surface area contributed by atoms with Crippen LogP contribution in [0.3, 0.4) is 0 Å². The summed E-state index contributed by atoms with van der Waals surface area (Å²) in [7, 11) is 0. The van der Waals surface area contributed by atoms with Crippen LogP contribution in [0.25, 0.3) is 0 Å². The average molecular weight is 729 g/mol.